The van der Waals surface area contributed by atoms with E-state index in [9.17, 15) is 18.0 Å². The van der Waals surface area contributed by atoms with E-state index in [4.69, 9.17) is 0 Å². The molecule has 1 aromatic heterocycles. The summed E-state index contributed by atoms with van der Waals surface area (Å²) in [5.74, 6) is -0.771. The van der Waals surface area contributed by atoms with Crippen molar-refractivity contribution in [2.75, 3.05) is 6.54 Å². The Morgan fingerprint density at radius 1 is 1.27 bits per heavy atom. The number of halogens is 3. The van der Waals surface area contributed by atoms with Crippen LogP contribution in [0.2, 0.25) is 0 Å². The molecule has 0 saturated carbocycles. The molecule has 7 heteroatoms. The number of hydrogen-bond acceptors (Lipinski definition) is 2. The van der Waals surface area contributed by atoms with Gasteiger partial charge in [0, 0.05) is 6.54 Å². The molecule has 1 N–H and O–H groups in total. The molecule has 0 atom stereocenters. The zero-order valence-electron chi connectivity index (χ0n) is 12.2. The van der Waals surface area contributed by atoms with Crippen molar-refractivity contribution < 1.29 is 18.0 Å². The Balaban J connectivity index is 2.50. The molecular weight excluding hydrogens is 295 g/mol. The van der Waals surface area contributed by atoms with E-state index < -0.39 is 23.3 Å². The number of benzene rings is 1. The number of amides is 1. The third kappa shape index (κ3) is 3.29. The maximum atomic E-state index is 13.3. The van der Waals surface area contributed by atoms with Crippen LogP contribution in [0.1, 0.15) is 35.0 Å². The van der Waals surface area contributed by atoms with Gasteiger partial charge in [-0.3, -0.25) is 4.79 Å². The minimum atomic E-state index is -4.68. The maximum Gasteiger partial charge on any atom is 0.434 e. The van der Waals surface area contributed by atoms with Crippen LogP contribution in [0.4, 0.5) is 13.2 Å². The molecule has 0 aliphatic heterocycles. The predicted octanol–water partition coefficient (Wildman–Crippen LogP) is 3.34. The van der Waals surface area contributed by atoms with Gasteiger partial charge in [-0.15, -0.1) is 0 Å². The first-order valence-corrected chi connectivity index (χ1v) is 6.85. The highest BCUT2D eigenvalue weighted by Gasteiger charge is 2.40. The largest absolute Gasteiger partial charge is 0.434 e. The van der Waals surface area contributed by atoms with Crippen molar-refractivity contribution in [3.8, 4) is 5.69 Å². The molecule has 1 amide bonds. The smallest absolute Gasteiger partial charge is 0.352 e. The van der Waals surface area contributed by atoms with Crippen LogP contribution in [0.3, 0.4) is 0 Å². The molecule has 0 bridgehead atoms. The second-order valence-corrected chi connectivity index (χ2v) is 4.91. The van der Waals surface area contributed by atoms with Gasteiger partial charge in [-0.05, 0) is 25.5 Å². The molecule has 0 aliphatic rings. The van der Waals surface area contributed by atoms with E-state index in [1.165, 1.54) is 12.1 Å². The lowest BCUT2D eigenvalue weighted by atomic mass is 10.2. The minimum Gasteiger partial charge on any atom is -0.352 e. The molecule has 1 heterocycles. The van der Waals surface area contributed by atoms with Crippen molar-refractivity contribution in [2.24, 2.45) is 0 Å². The second kappa shape index (κ2) is 6.21. The first kappa shape index (κ1) is 16.1. The fourth-order valence-corrected chi connectivity index (χ4v) is 2.00. The van der Waals surface area contributed by atoms with E-state index in [1.807, 2.05) is 13.8 Å². The normalized spacial score (nSPS) is 11.5. The second-order valence-electron chi connectivity index (χ2n) is 4.91. The predicted molar refractivity (Wildman–Crippen MR) is 75.9 cm³/mol. The molecule has 0 aliphatic carbocycles. The highest BCUT2D eigenvalue weighted by molar-refractivity contribution is 5.95. The van der Waals surface area contributed by atoms with E-state index >= 15 is 0 Å². The molecule has 2 rings (SSSR count). The van der Waals surface area contributed by atoms with Crippen molar-refractivity contribution >= 4 is 5.91 Å². The summed E-state index contributed by atoms with van der Waals surface area (Å²) < 4.78 is 40.8. The Kier molecular flexibility index (Phi) is 4.54. The van der Waals surface area contributed by atoms with Crippen LogP contribution >= 0.6 is 0 Å². The van der Waals surface area contributed by atoms with Crippen molar-refractivity contribution in [1.82, 2.24) is 15.1 Å². The first-order valence-electron chi connectivity index (χ1n) is 6.85. The van der Waals surface area contributed by atoms with Gasteiger partial charge in [-0.1, -0.05) is 24.6 Å². The van der Waals surface area contributed by atoms with Gasteiger partial charge in [0.2, 0.25) is 0 Å². The fraction of sp³-hybridized carbons (Fsp3) is 0.333. The summed E-state index contributed by atoms with van der Waals surface area (Å²) in [6.45, 7) is 3.97. The molecule has 118 valence electrons. The number of carbonyl (C=O) groups is 1. The summed E-state index contributed by atoms with van der Waals surface area (Å²) in [5.41, 5.74) is -0.357. The third-order valence-electron chi connectivity index (χ3n) is 3.10. The van der Waals surface area contributed by atoms with E-state index in [0.717, 1.165) is 16.4 Å². The number of aryl methyl sites for hydroxylation is 1. The fourth-order valence-electron chi connectivity index (χ4n) is 2.00. The highest BCUT2D eigenvalue weighted by atomic mass is 19.4. The lowest BCUT2D eigenvalue weighted by molar-refractivity contribution is -0.143. The number of nitrogens with zero attached hydrogens (tertiary/aromatic N) is 2. The summed E-state index contributed by atoms with van der Waals surface area (Å²) in [6, 6.07) is 6.44. The molecule has 0 saturated heterocycles. The highest BCUT2D eigenvalue weighted by Crippen LogP contribution is 2.33. The number of rotatable bonds is 4. The van der Waals surface area contributed by atoms with E-state index in [1.54, 1.807) is 12.1 Å². The molecule has 0 spiro atoms. The number of nitrogens with one attached hydrogen (secondary N) is 1. The Morgan fingerprint density at radius 3 is 2.45 bits per heavy atom. The summed E-state index contributed by atoms with van der Waals surface area (Å²) in [6.07, 6.45) is -3.09. The third-order valence-corrected chi connectivity index (χ3v) is 3.10. The average molecular weight is 311 g/mol. The first-order chi connectivity index (χ1) is 10.3. The molecule has 0 unspecified atom stereocenters. The van der Waals surface area contributed by atoms with Gasteiger partial charge < -0.3 is 5.32 Å². The van der Waals surface area contributed by atoms with E-state index in [-0.39, 0.29) is 5.69 Å². The Morgan fingerprint density at radius 2 is 1.91 bits per heavy atom. The van der Waals surface area contributed by atoms with Crippen molar-refractivity contribution in [3.63, 3.8) is 0 Å². The SMILES string of the molecule is CCCNC(=O)c1cnn(-c2ccc(C)cc2)c1C(F)(F)F. The van der Waals surface area contributed by atoms with Gasteiger partial charge in [-0.2, -0.15) is 18.3 Å². The van der Waals surface area contributed by atoms with E-state index in [0.29, 0.717) is 13.0 Å². The Hall–Kier alpha value is -2.31. The van der Waals surface area contributed by atoms with Crippen LogP contribution in [-0.2, 0) is 6.18 Å². The lowest BCUT2D eigenvalue weighted by Crippen LogP contribution is -2.27. The lowest BCUT2D eigenvalue weighted by Gasteiger charge is -2.13. The number of hydrogen-bond donors (Lipinski definition) is 1. The molecule has 22 heavy (non-hydrogen) atoms. The molecule has 1 aromatic carbocycles. The minimum absolute atomic E-state index is 0.257. The molecule has 0 radical (unpaired) electrons. The number of carbonyl (C=O) groups excluding carboxylic acids is 1. The van der Waals surface area contributed by atoms with Crippen molar-refractivity contribution in [3.05, 3.63) is 47.3 Å². The Bertz CT molecular complexity index is 660. The van der Waals surface area contributed by atoms with Crippen LogP contribution in [0.25, 0.3) is 5.69 Å². The van der Waals surface area contributed by atoms with Gasteiger partial charge in [0.15, 0.2) is 5.69 Å². The molecular formula is C15H16F3N3O. The average Bonchev–Trinajstić information content (AvgIpc) is 2.90. The molecule has 0 fully saturated rings. The van der Waals surface area contributed by atoms with Crippen LogP contribution in [0, 0.1) is 6.92 Å². The van der Waals surface area contributed by atoms with Gasteiger partial charge in [0.25, 0.3) is 5.91 Å². The van der Waals surface area contributed by atoms with Gasteiger partial charge >= 0.3 is 6.18 Å². The number of aromatic nitrogens is 2. The van der Waals surface area contributed by atoms with Crippen LogP contribution in [-0.4, -0.2) is 22.2 Å². The quantitative estimate of drug-likeness (QED) is 0.941. The summed E-state index contributed by atoms with van der Waals surface area (Å²) in [7, 11) is 0. The van der Waals surface area contributed by atoms with Crippen LogP contribution in [0.5, 0.6) is 0 Å². The van der Waals surface area contributed by atoms with Gasteiger partial charge in [0.05, 0.1) is 17.4 Å². The zero-order chi connectivity index (χ0) is 16.3. The zero-order valence-corrected chi connectivity index (χ0v) is 12.2. The van der Waals surface area contributed by atoms with Crippen LogP contribution < -0.4 is 5.32 Å². The summed E-state index contributed by atoms with van der Waals surface area (Å²) in [4.78, 5) is 11.9. The van der Waals surface area contributed by atoms with Gasteiger partial charge in [-0.25, -0.2) is 4.68 Å². The number of alkyl halides is 3. The van der Waals surface area contributed by atoms with E-state index in [2.05, 4.69) is 10.4 Å². The standard InChI is InChI=1S/C15H16F3N3O/c1-3-8-19-14(22)12-9-20-21(13(12)15(16,17)18)11-6-4-10(2)5-7-11/h4-7,9H,3,8H2,1-2H3,(H,19,22). The van der Waals surface area contributed by atoms with Crippen molar-refractivity contribution in [1.29, 1.82) is 0 Å². The van der Waals surface area contributed by atoms with Gasteiger partial charge in [0.1, 0.15) is 0 Å². The van der Waals surface area contributed by atoms with Crippen molar-refractivity contribution in [2.45, 2.75) is 26.4 Å². The Labute approximate surface area is 125 Å². The molecule has 4 nitrogen and oxygen atoms in total. The summed E-state index contributed by atoms with van der Waals surface area (Å²) >= 11 is 0. The summed E-state index contributed by atoms with van der Waals surface area (Å²) in [5, 5.41) is 6.19. The topological polar surface area (TPSA) is 46.9 Å². The molecule has 2 aromatic rings. The monoisotopic (exact) mass is 311 g/mol. The van der Waals surface area contributed by atoms with Crippen LogP contribution in [0.15, 0.2) is 30.5 Å². The maximum absolute atomic E-state index is 13.3.